The van der Waals surface area contributed by atoms with E-state index in [-0.39, 0.29) is 12.2 Å². The predicted octanol–water partition coefficient (Wildman–Crippen LogP) is 12.4. The molecular weight excluding hydrogens is 544 g/mol. The second kappa shape index (κ2) is 14.7. The molecule has 0 aromatic heterocycles. The van der Waals surface area contributed by atoms with Crippen LogP contribution in [-0.2, 0) is 0 Å². The number of benzene rings is 6. The Balaban J connectivity index is 1.38. The first-order valence-electron chi connectivity index (χ1n) is 17.1. The van der Waals surface area contributed by atoms with E-state index in [1.807, 2.05) is 0 Å². The van der Waals surface area contributed by atoms with E-state index in [2.05, 4.69) is 133 Å². The van der Waals surface area contributed by atoms with E-state index in [4.69, 9.17) is 6.57 Å². The fraction of sp³-hybridized carbons (Fsp3) is 0.326. The summed E-state index contributed by atoms with van der Waals surface area (Å²) >= 11 is 0. The number of nitrogens with one attached hydrogen (secondary N) is 1. The molecular formula is C43H46N2. The molecule has 0 aliphatic carbocycles. The molecule has 0 saturated carbocycles. The average Bonchev–Trinajstić information content (AvgIpc) is 3.07. The molecule has 0 aliphatic rings. The number of hydrogen-bond acceptors (Lipinski definition) is 1. The summed E-state index contributed by atoms with van der Waals surface area (Å²) in [6, 6.07) is 39.5. The van der Waals surface area contributed by atoms with Gasteiger partial charge in [0.2, 0.25) is 0 Å². The molecule has 6 aromatic rings. The Morgan fingerprint density at radius 2 is 0.867 bits per heavy atom. The lowest BCUT2D eigenvalue weighted by molar-refractivity contribution is 0.474. The van der Waals surface area contributed by atoms with Gasteiger partial charge >= 0.3 is 0 Å². The number of nitrogens with zero attached hydrogens (tertiary/aromatic N) is 1. The summed E-state index contributed by atoms with van der Waals surface area (Å²) in [5.74, 6) is 0.811. The molecule has 0 heterocycles. The molecule has 1 unspecified atom stereocenters. The normalized spacial score (nSPS) is 12.5. The summed E-state index contributed by atoms with van der Waals surface area (Å²) in [5.41, 5.74) is 2.53. The molecule has 0 spiro atoms. The summed E-state index contributed by atoms with van der Waals surface area (Å²) < 4.78 is 0. The Morgan fingerprint density at radius 1 is 0.511 bits per heavy atom. The van der Waals surface area contributed by atoms with Gasteiger partial charge in [0.1, 0.15) is 0 Å². The average molecular weight is 591 g/mol. The lowest BCUT2D eigenvalue weighted by Crippen LogP contribution is -2.32. The van der Waals surface area contributed by atoms with Crippen molar-refractivity contribution in [1.29, 1.82) is 0 Å². The fourth-order valence-electron chi connectivity index (χ4n) is 7.18. The molecule has 0 radical (unpaired) electrons. The lowest BCUT2D eigenvalue weighted by Gasteiger charge is -2.27. The highest BCUT2D eigenvalue weighted by Crippen LogP contribution is 2.41. The summed E-state index contributed by atoms with van der Waals surface area (Å²) in [6.07, 6.45) is 10.8. The molecule has 45 heavy (non-hydrogen) atoms. The maximum absolute atomic E-state index is 8.32. The molecule has 0 bridgehead atoms. The van der Waals surface area contributed by atoms with Gasteiger partial charge in [-0.15, -0.1) is 0 Å². The summed E-state index contributed by atoms with van der Waals surface area (Å²) in [5, 5.41) is 13.9. The Kier molecular flexibility index (Phi) is 10.1. The monoisotopic (exact) mass is 590 g/mol. The highest BCUT2D eigenvalue weighted by molar-refractivity contribution is 6.07. The topological polar surface area (TPSA) is 16.4 Å². The third-order valence-electron chi connectivity index (χ3n) is 9.48. The first kappa shape index (κ1) is 30.8. The zero-order valence-electron chi connectivity index (χ0n) is 26.9. The van der Waals surface area contributed by atoms with Crippen molar-refractivity contribution in [3.8, 4) is 0 Å². The van der Waals surface area contributed by atoms with Crippen molar-refractivity contribution in [1.82, 2.24) is 5.32 Å². The molecule has 1 N–H and O–H groups in total. The first-order valence-corrected chi connectivity index (χ1v) is 17.1. The standard InChI is InChI=1S/C43H46N2/c1-31(2)19-9-7-5-4-6-8-10-28-40(44-3)45-43(41-36-24-15-11-20-32(36)29-33-21-12-16-25-37(33)41)42-38-26-17-13-22-34(38)30-35-23-14-18-27-39(35)42/h11-18,20-27,29-31,40,43,45H,4-10,19,28H2,1-2H3. The molecule has 6 rings (SSSR count). The number of unbranched alkanes of at least 4 members (excludes halogenated alkanes) is 6. The lowest BCUT2D eigenvalue weighted by atomic mass is 9.84. The van der Waals surface area contributed by atoms with Crippen LogP contribution >= 0.6 is 0 Å². The van der Waals surface area contributed by atoms with Crippen LogP contribution in [0.1, 0.15) is 88.8 Å². The van der Waals surface area contributed by atoms with Crippen LogP contribution in [0.15, 0.2) is 109 Å². The minimum Gasteiger partial charge on any atom is -0.296 e. The zero-order valence-corrected chi connectivity index (χ0v) is 26.9. The Hall–Kier alpha value is -4.19. The van der Waals surface area contributed by atoms with Crippen molar-refractivity contribution in [2.24, 2.45) is 5.92 Å². The Bertz CT molecular complexity index is 1700. The van der Waals surface area contributed by atoms with Gasteiger partial charge in [-0.1, -0.05) is 156 Å². The van der Waals surface area contributed by atoms with Gasteiger partial charge < -0.3 is 0 Å². The SMILES string of the molecule is [C-]#[N+]C(CCCCCCCCCC(C)C)NC(c1c2ccccc2cc2ccccc12)c1c2ccccc2cc2ccccc12. The largest absolute Gasteiger partial charge is 0.296 e. The van der Waals surface area contributed by atoms with E-state index in [0.717, 1.165) is 18.8 Å². The van der Waals surface area contributed by atoms with E-state index < -0.39 is 0 Å². The molecule has 0 aliphatic heterocycles. The second-order valence-electron chi connectivity index (χ2n) is 13.2. The van der Waals surface area contributed by atoms with Gasteiger partial charge in [0.15, 0.2) is 0 Å². The van der Waals surface area contributed by atoms with Gasteiger partial charge in [0.05, 0.1) is 6.04 Å². The van der Waals surface area contributed by atoms with Crippen LogP contribution in [0.4, 0.5) is 0 Å². The highest BCUT2D eigenvalue weighted by atomic mass is 15.1. The maximum Gasteiger partial charge on any atom is 0.277 e. The fourth-order valence-corrected chi connectivity index (χ4v) is 7.18. The molecule has 6 aromatic carbocycles. The van der Waals surface area contributed by atoms with Gasteiger partial charge in [-0.25, -0.2) is 11.9 Å². The highest BCUT2D eigenvalue weighted by Gasteiger charge is 2.28. The summed E-state index contributed by atoms with van der Waals surface area (Å²) in [4.78, 5) is 4.21. The number of rotatable bonds is 14. The minimum atomic E-state index is -0.267. The molecule has 1 atom stereocenters. The maximum atomic E-state index is 8.32. The van der Waals surface area contributed by atoms with Crippen molar-refractivity contribution in [2.45, 2.75) is 83.8 Å². The van der Waals surface area contributed by atoms with Gasteiger partial charge in [-0.05, 0) is 78.7 Å². The molecule has 0 saturated heterocycles. The van der Waals surface area contributed by atoms with Gasteiger partial charge in [0, 0.05) is 6.42 Å². The predicted molar refractivity (Wildman–Crippen MR) is 195 cm³/mol. The van der Waals surface area contributed by atoms with Crippen LogP contribution in [0.3, 0.4) is 0 Å². The van der Waals surface area contributed by atoms with Crippen molar-refractivity contribution in [3.63, 3.8) is 0 Å². The van der Waals surface area contributed by atoms with Crippen molar-refractivity contribution < 1.29 is 0 Å². The number of fused-ring (bicyclic) bond motifs is 4. The van der Waals surface area contributed by atoms with Crippen LogP contribution in [0, 0.1) is 12.5 Å². The van der Waals surface area contributed by atoms with Crippen molar-refractivity contribution >= 4 is 43.1 Å². The van der Waals surface area contributed by atoms with E-state index in [0.29, 0.717) is 0 Å². The van der Waals surface area contributed by atoms with Gasteiger partial charge in [-0.3, -0.25) is 4.85 Å². The van der Waals surface area contributed by atoms with E-state index in [1.165, 1.54) is 99.2 Å². The van der Waals surface area contributed by atoms with Crippen molar-refractivity contribution in [3.05, 3.63) is 132 Å². The Labute approximate surface area is 269 Å². The van der Waals surface area contributed by atoms with Crippen LogP contribution in [0.5, 0.6) is 0 Å². The minimum absolute atomic E-state index is 0.156. The molecule has 228 valence electrons. The van der Waals surface area contributed by atoms with Gasteiger partial charge in [0.25, 0.3) is 6.17 Å². The first-order chi connectivity index (χ1) is 22.1. The van der Waals surface area contributed by atoms with Crippen LogP contribution in [-0.4, -0.2) is 6.17 Å². The molecule has 0 fully saturated rings. The third-order valence-corrected chi connectivity index (χ3v) is 9.48. The van der Waals surface area contributed by atoms with Crippen molar-refractivity contribution in [2.75, 3.05) is 0 Å². The van der Waals surface area contributed by atoms with E-state index in [9.17, 15) is 0 Å². The van der Waals surface area contributed by atoms with Crippen LogP contribution in [0.2, 0.25) is 0 Å². The zero-order chi connectivity index (χ0) is 31.0. The summed E-state index contributed by atoms with van der Waals surface area (Å²) in [6.45, 7) is 13.0. The molecule has 2 nitrogen and oxygen atoms in total. The second-order valence-corrected chi connectivity index (χ2v) is 13.2. The van der Waals surface area contributed by atoms with Gasteiger partial charge in [-0.2, -0.15) is 0 Å². The molecule has 2 heteroatoms. The van der Waals surface area contributed by atoms with E-state index >= 15 is 0 Å². The molecule has 0 amide bonds. The third kappa shape index (κ3) is 7.06. The summed E-state index contributed by atoms with van der Waals surface area (Å²) in [7, 11) is 0. The Morgan fingerprint density at radius 3 is 1.24 bits per heavy atom. The smallest absolute Gasteiger partial charge is 0.277 e. The quantitative estimate of drug-likeness (QED) is 0.0758. The van der Waals surface area contributed by atoms with E-state index in [1.54, 1.807) is 0 Å². The number of hydrogen-bond donors (Lipinski definition) is 1. The van der Waals surface area contributed by atoms with Crippen LogP contribution in [0.25, 0.3) is 47.9 Å². The van der Waals surface area contributed by atoms with Crippen LogP contribution < -0.4 is 5.32 Å².